The smallest absolute Gasteiger partial charge is 0.0976 e. The lowest BCUT2D eigenvalue weighted by Gasteiger charge is -2.17. The minimum atomic E-state index is -0.0373. The SMILES string of the molecule is COCC(CNc1cc(C)nn2c(-c3ccc(Cl)cc3Cl)c(C)cc12)OC. The Morgan fingerprint density at radius 2 is 1.93 bits per heavy atom. The van der Waals surface area contributed by atoms with E-state index in [0.717, 1.165) is 33.7 Å². The molecule has 3 rings (SSSR count). The molecule has 0 aliphatic carbocycles. The fraction of sp³-hybridized carbons (Fsp3) is 0.350. The minimum absolute atomic E-state index is 0.0373. The third-order valence-electron chi connectivity index (χ3n) is 4.45. The Kier molecular flexibility index (Phi) is 6.27. The lowest BCUT2D eigenvalue weighted by molar-refractivity contribution is 0.0366. The summed E-state index contributed by atoms with van der Waals surface area (Å²) in [6.07, 6.45) is -0.0373. The van der Waals surface area contributed by atoms with Crippen LogP contribution in [0.15, 0.2) is 30.3 Å². The van der Waals surface area contributed by atoms with E-state index in [1.165, 1.54) is 0 Å². The molecule has 0 saturated heterocycles. The molecule has 0 amide bonds. The molecular formula is C20H23Cl2N3O2. The van der Waals surface area contributed by atoms with Crippen molar-refractivity contribution in [2.75, 3.05) is 32.7 Å². The fourth-order valence-corrected chi connectivity index (χ4v) is 3.65. The molecule has 0 fully saturated rings. The first kappa shape index (κ1) is 20.0. The maximum atomic E-state index is 6.46. The second-order valence-corrected chi connectivity index (χ2v) is 7.33. The Balaban J connectivity index is 2.06. The molecule has 5 nitrogen and oxygen atoms in total. The third kappa shape index (κ3) is 4.22. The van der Waals surface area contributed by atoms with Crippen molar-refractivity contribution in [3.05, 3.63) is 51.6 Å². The van der Waals surface area contributed by atoms with E-state index < -0.39 is 0 Å². The number of anilines is 1. The van der Waals surface area contributed by atoms with Crippen molar-refractivity contribution in [1.29, 1.82) is 0 Å². The molecule has 0 aliphatic heterocycles. The van der Waals surface area contributed by atoms with E-state index in [1.54, 1.807) is 20.3 Å². The van der Waals surface area contributed by atoms with Crippen molar-refractivity contribution in [2.24, 2.45) is 0 Å². The molecule has 7 heteroatoms. The van der Waals surface area contributed by atoms with Crippen LogP contribution in [0.2, 0.25) is 10.0 Å². The molecule has 1 aromatic carbocycles. The van der Waals surface area contributed by atoms with E-state index >= 15 is 0 Å². The van der Waals surface area contributed by atoms with Gasteiger partial charge in [-0.3, -0.25) is 0 Å². The molecular weight excluding hydrogens is 385 g/mol. The summed E-state index contributed by atoms with van der Waals surface area (Å²) in [6, 6.07) is 9.65. The van der Waals surface area contributed by atoms with Crippen LogP contribution in [-0.4, -0.2) is 43.1 Å². The topological polar surface area (TPSA) is 47.8 Å². The predicted octanol–water partition coefficient (Wildman–Crippen LogP) is 5.00. The molecule has 0 bridgehead atoms. The van der Waals surface area contributed by atoms with Gasteiger partial charge in [0.15, 0.2) is 0 Å². The van der Waals surface area contributed by atoms with Gasteiger partial charge in [-0.2, -0.15) is 5.10 Å². The van der Waals surface area contributed by atoms with Crippen LogP contribution in [0.4, 0.5) is 5.69 Å². The zero-order valence-corrected chi connectivity index (χ0v) is 17.4. The quantitative estimate of drug-likeness (QED) is 0.598. The van der Waals surface area contributed by atoms with Gasteiger partial charge in [-0.25, -0.2) is 4.52 Å². The zero-order chi connectivity index (χ0) is 19.6. The van der Waals surface area contributed by atoms with Crippen LogP contribution in [0.25, 0.3) is 16.8 Å². The number of rotatable bonds is 7. The molecule has 2 aromatic heterocycles. The van der Waals surface area contributed by atoms with Crippen molar-refractivity contribution in [3.63, 3.8) is 0 Å². The van der Waals surface area contributed by atoms with Gasteiger partial charge < -0.3 is 14.8 Å². The van der Waals surface area contributed by atoms with E-state index in [-0.39, 0.29) is 6.10 Å². The molecule has 0 saturated carbocycles. The predicted molar refractivity (Wildman–Crippen MR) is 111 cm³/mol. The van der Waals surface area contributed by atoms with Gasteiger partial charge >= 0.3 is 0 Å². The summed E-state index contributed by atoms with van der Waals surface area (Å²) in [5, 5.41) is 9.38. The first-order valence-corrected chi connectivity index (χ1v) is 9.41. The summed E-state index contributed by atoms with van der Waals surface area (Å²) < 4.78 is 12.6. The van der Waals surface area contributed by atoms with Crippen LogP contribution in [0.1, 0.15) is 11.3 Å². The third-order valence-corrected chi connectivity index (χ3v) is 4.99. The maximum Gasteiger partial charge on any atom is 0.0976 e. The van der Waals surface area contributed by atoms with Gasteiger partial charge in [0.25, 0.3) is 0 Å². The highest BCUT2D eigenvalue weighted by Crippen LogP contribution is 2.35. The molecule has 0 spiro atoms. The van der Waals surface area contributed by atoms with Crippen molar-refractivity contribution < 1.29 is 9.47 Å². The Labute approximate surface area is 169 Å². The fourth-order valence-electron chi connectivity index (χ4n) is 3.16. The maximum absolute atomic E-state index is 6.46. The highest BCUT2D eigenvalue weighted by atomic mass is 35.5. The van der Waals surface area contributed by atoms with Gasteiger partial charge in [0.2, 0.25) is 0 Å². The van der Waals surface area contributed by atoms with E-state index in [2.05, 4.69) is 18.3 Å². The number of fused-ring (bicyclic) bond motifs is 1. The van der Waals surface area contributed by atoms with Crippen LogP contribution in [0.3, 0.4) is 0 Å². The van der Waals surface area contributed by atoms with Crippen LogP contribution in [0.5, 0.6) is 0 Å². The second kappa shape index (κ2) is 8.48. The summed E-state index contributed by atoms with van der Waals surface area (Å²) in [5.74, 6) is 0. The average molecular weight is 408 g/mol. The molecule has 2 heterocycles. The summed E-state index contributed by atoms with van der Waals surface area (Å²) in [4.78, 5) is 0. The first-order chi connectivity index (χ1) is 12.9. The Morgan fingerprint density at radius 1 is 1.15 bits per heavy atom. The monoisotopic (exact) mass is 407 g/mol. The number of hydrogen-bond donors (Lipinski definition) is 1. The number of halogens is 2. The molecule has 0 aliphatic rings. The molecule has 0 radical (unpaired) electrons. The average Bonchev–Trinajstić information content (AvgIpc) is 2.94. The number of nitrogens with zero attached hydrogens (tertiary/aromatic N) is 2. The van der Waals surface area contributed by atoms with E-state index in [0.29, 0.717) is 23.2 Å². The van der Waals surface area contributed by atoms with Gasteiger partial charge in [0.1, 0.15) is 0 Å². The van der Waals surface area contributed by atoms with E-state index in [1.807, 2.05) is 29.6 Å². The summed E-state index contributed by atoms with van der Waals surface area (Å²) in [6.45, 7) is 5.17. The van der Waals surface area contributed by atoms with Crippen LogP contribution in [-0.2, 0) is 9.47 Å². The highest BCUT2D eigenvalue weighted by Gasteiger charge is 2.17. The number of ether oxygens (including phenoxy) is 2. The normalized spacial score (nSPS) is 12.5. The Morgan fingerprint density at radius 3 is 2.59 bits per heavy atom. The van der Waals surface area contributed by atoms with Crippen molar-refractivity contribution in [1.82, 2.24) is 9.61 Å². The number of aromatic nitrogens is 2. The second-order valence-electron chi connectivity index (χ2n) is 6.49. The van der Waals surface area contributed by atoms with E-state index in [9.17, 15) is 0 Å². The number of benzene rings is 1. The van der Waals surface area contributed by atoms with Gasteiger partial charge in [-0.05, 0) is 49.7 Å². The van der Waals surface area contributed by atoms with Crippen molar-refractivity contribution in [3.8, 4) is 11.3 Å². The Hall–Kier alpha value is -1.79. The molecule has 1 atom stereocenters. The van der Waals surface area contributed by atoms with Gasteiger partial charge in [-0.15, -0.1) is 0 Å². The number of hydrogen-bond acceptors (Lipinski definition) is 4. The summed E-state index contributed by atoms with van der Waals surface area (Å²) >= 11 is 12.5. The van der Waals surface area contributed by atoms with Crippen molar-refractivity contribution in [2.45, 2.75) is 20.0 Å². The number of aryl methyl sites for hydroxylation is 2. The first-order valence-electron chi connectivity index (χ1n) is 8.65. The summed E-state index contributed by atoms with van der Waals surface area (Å²) in [5.41, 5.74) is 5.80. The molecule has 27 heavy (non-hydrogen) atoms. The molecule has 3 aromatic rings. The van der Waals surface area contributed by atoms with Crippen LogP contribution >= 0.6 is 23.2 Å². The van der Waals surface area contributed by atoms with E-state index in [4.69, 9.17) is 37.8 Å². The number of methoxy groups -OCH3 is 2. The lowest BCUT2D eigenvalue weighted by Crippen LogP contribution is -2.26. The molecule has 1 unspecified atom stereocenters. The Bertz CT molecular complexity index is 956. The van der Waals surface area contributed by atoms with Gasteiger partial charge in [-0.1, -0.05) is 23.2 Å². The largest absolute Gasteiger partial charge is 0.382 e. The van der Waals surface area contributed by atoms with Crippen molar-refractivity contribution >= 4 is 34.4 Å². The zero-order valence-electron chi connectivity index (χ0n) is 15.8. The molecule has 144 valence electrons. The standard InChI is InChI=1S/C20H23Cl2N3O2/c1-12-7-19-18(23-10-15(27-4)11-26-3)8-13(2)24-25(19)20(12)16-6-5-14(21)9-17(16)22/h5-9,15,23H,10-11H2,1-4H3. The van der Waals surface area contributed by atoms with Gasteiger partial charge in [0.05, 0.1) is 40.3 Å². The highest BCUT2D eigenvalue weighted by molar-refractivity contribution is 6.36. The van der Waals surface area contributed by atoms with Gasteiger partial charge in [0, 0.05) is 31.4 Å². The molecule has 1 N–H and O–H groups in total. The minimum Gasteiger partial charge on any atom is -0.382 e. The van der Waals surface area contributed by atoms with Crippen LogP contribution < -0.4 is 5.32 Å². The lowest BCUT2D eigenvalue weighted by atomic mass is 10.1. The summed E-state index contributed by atoms with van der Waals surface area (Å²) in [7, 11) is 3.35. The number of nitrogens with one attached hydrogen (secondary N) is 1. The van der Waals surface area contributed by atoms with Crippen LogP contribution in [0, 0.1) is 13.8 Å².